The Balaban J connectivity index is 2.09. The van der Waals surface area contributed by atoms with Gasteiger partial charge in [0.2, 0.25) is 5.96 Å². The minimum absolute atomic E-state index is 0.199. The molecule has 1 aliphatic rings. The molecule has 3 nitrogen and oxygen atoms in total. The monoisotopic (exact) mass is 221 g/mol. The molecule has 0 aliphatic carbocycles. The van der Waals surface area contributed by atoms with Gasteiger partial charge in [0.1, 0.15) is 5.50 Å². The summed E-state index contributed by atoms with van der Waals surface area (Å²) in [7, 11) is 0. The van der Waals surface area contributed by atoms with Crippen molar-refractivity contribution < 1.29 is 0 Å². The van der Waals surface area contributed by atoms with Crippen molar-refractivity contribution in [2.45, 2.75) is 12.4 Å². The summed E-state index contributed by atoms with van der Waals surface area (Å²) in [5.74, 6) is 0.670. The van der Waals surface area contributed by atoms with E-state index in [0.717, 1.165) is 5.69 Å². The van der Waals surface area contributed by atoms with Gasteiger partial charge < -0.3 is 10.6 Å². The number of alkyl halides is 1. The largest absolute Gasteiger partial charge is 0.336 e. The molecule has 0 saturated carbocycles. The number of nitrogens with one attached hydrogen (secondary N) is 2. The van der Waals surface area contributed by atoms with E-state index >= 15 is 0 Å². The number of rotatable bonds is 1. The van der Waals surface area contributed by atoms with Crippen molar-refractivity contribution in [3.05, 3.63) is 42.1 Å². The number of anilines is 1. The second-order valence-corrected chi connectivity index (χ2v) is 3.83. The molecule has 2 N–H and O–H groups in total. The standard InChI is InChI=1S/C11H12ClN3/c1-8-3-2-4-9(7-8)14-11-13-6-5-10(12)15-11/h2-7,10H,1H3,(H2,13,14,15). The summed E-state index contributed by atoms with van der Waals surface area (Å²) in [6.45, 7) is 2.05. The number of nitrogens with zero attached hydrogens (tertiary/aromatic N) is 1. The van der Waals surface area contributed by atoms with Crippen molar-refractivity contribution in [1.82, 2.24) is 5.32 Å². The van der Waals surface area contributed by atoms with Crippen LogP contribution in [0.25, 0.3) is 0 Å². The van der Waals surface area contributed by atoms with Crippen LogP contribution in [-0.4, -0.2) is 11.5 Å². The lowest BCUT2D eigenvalue weighted by Crippen LogP contribution is -2.36. The molecule has 1 unspecified atom stereocenters. The van der Waals surface area contributed by atoms with Crippen molar-refractivity contribution in [1.29, 1.82) is 0 Å². The molecule has 1 atom stereocenters. The molecule has 2 rings (SSSR count). The van der Waals surface area contributed by atoms with Gasteiger partial charge in [0, 0.05) is 11.9 Å². The number of halogens is 1. The third-order valence-corrected chi connectivity index (χ3v) is 2.27. The Morgan fingerprint density at radius 2 is 2.33 bits per heavy atom. The highest BCUT2D eigenvalue weighted by Crippen LogP contribution is 2.10. The van der Waals surface area contributed by atoms with Crippen LogP contribution in [0, 0.1) is 6.92 Å². The highest BCUT2D eigenvalue weighted by molar-refractivity contribution is 6.23. The molecule has 78 valence electrons. The van der Waals surface area contributed by atoms with Crippen LogP contribution < -0.4 is 10.6 Å². The molecule has 0 aromatic heterocycles. The molecular weight excluding hydrogens is 210 g/mol. The number of aryl methyl sites for hydroxylation is 1. The van der Waals surface area contributed by atoms with E-state index in [9.17, 15) is 0 Å². The maximum Gasteiger partial charge on any atom is 0.201 e. The van der Waals surface area contributed by atoms with Gasteiger partial charge in [0.05, 0.1) is 0 Å². The Labute approximate surface area is 93.9 Å². The van der Waals surface area contributed by atoms with Gasteiger partial charge in [0.25, 0.3) is 0 Å². The van der Waals surface area contributed by atoms with E-state index in [1.54, 1.807) is 12.3 Å². The Bertz CT molecular complexity index is 412. The normalized spacial score (nSPS) is 19.3. The fourth-order valence-corrected chi connectivity index (χ4v) is 1.51. The van der Waals surface area contributed by atoms with E-state index < -0.39 is 0 Å². The van der Waals surface area contributed by atoms with E-state index in [4.69, 9.17) is 11.6 Å². The quantitative estimate of drug-likeness (QED) is 0.565. The summed E-state index contributed by atoms with van der Waals surface area (Å²) in [4.78, 5) is 4.13. The highest BCUT2D eigenvalue weighted by Gasteiger charge is 2.07. The smallest absolute Gasteiger partial charge is 0.201 e. The predicted octanol–water partition coefficient (Wildman–Crippen LogP) is 2.44. The predicted molar refractivity (Wildman–Crippen MR) is 64.2 cm³/mol. The van der Waals surface area contributed by atoms with E-state index in [1.165, 1.54) is 5.56 Å². The zero-order chi connectivity index (χ0) is 10.7. The molecule has 1 aromatic carbocycles. The van der Waals surface area contributed by atoms with Gasteiger partial charge >= 0.3 is 0 Å². The SMILES string of the molecule is Cc1cccc(NC2=NC=CC(Cl)N2)c1. The Morgan fingerprint density at radius 1 is 1.47 bits per heavy atom. The van der Waals surface area contributed by atoms with Crippen molar-refractivity contribution in [3.8, 4) is 0 Å². The Kier molecular flexibility index (Phi) is 2.92. The zero-order valence-corrected chi connectivity index (χ0v) is 9.12. The van der Waals surface area contributed by atoms with Crippen LogP contribution in [0.1, 0.15) is 5.56 Å². The van der Waals surface area contributed by atoms with Crippen molar-refractivity contribution in [2.75, 3.05) is 5.32 Å². The van der Waals surface area contributed by atoms with Crippen LogP contribution in [0.15, 0.2) is 41.5 Å². The molecule has 4 heteroatoms. The summed E-state index contributed by atoms with van der Waals surface area (Å²) in [6.07, 6.45) is 3.47. The van der Waals surface area contributed by atoms with Gasteiger partial charge in [-0.2, -0.15) is 0 Å². The van der Waals surface area contributed by atoms with Crippen LogP contribution in [0.3, 0.4) is 0 Å². The summed E-state index contributed by atoms with van der Waals surface area (Å²) >= 11 is 5.89. The second-order valence-electron chi connectivity index (χ2n) is 3.36. The van der Waals surface area contributed by atoms with Crippen LogP contribution >= 0.6 is 11.6 Å². The third kappa shape index (κ3) is 2.73. The topological polar surface area (TPSA) is 36.4 Å². The zero-order valence-electron chi connectivity index (χ0n) is 8.37. The molecule has 0 amide bonds. The third-order valence-electron chi connectivity index (χ3n) is 2.01. The first-order chi connectivity index (χ1) is 7.24. The lowest BCUT2D eigenvalue weighted by molar-refractivity contribution is 0.935. The Morgan fingerprint density at radius 3 is 3.07 bits per heavy atom. The van der Waals surface area contributed by atoms with Crippen LogP contribution in [0.4, 0.5) is 5.69 Å². The van der Waals surface area contributed by atoms with E-state index in [0.29, 0.717) is 5.96 Å². The minimum Gasteiger partial charge on any atom is -0.336 e. The van der Waals surface area contributed by atoms with Crippen molar-refractivity contribution in [2.24, 2.45) is 4.99 Å². The van der Waals surface area contributed by atoms with E-state index in [-0.39, 0.29) is 5.50 Å². The molecule has 0 fully saturated rings. The van der Waals surface area contributed by atoms with Crippen LogP contribution in [0.5, 0.6) is 0 Å². The van der Waals surface area contributed by atoms with Gasteiger partial charge in [-0.3, -0.25) is 0 Å². The lowest BCUT2D eigenvalue weighted by atomic mass is 10.2. The van der Waals surface area contributed by atoms with E-state index in [2.05, 4.69) is 15.6 Å². The first-order valence-corrected chi connectivity index (χ1v) is 5.16. The number of benzene rings is 1. The average molecular weight is 222 g/mol. The van der Waals surface area contributed by atoms with Crippen LogP contribution in [-0.2, 0) is 0 Å². The first kappa shape index (κ1) is 10.1. The number of aliphatic imine (C=N–C) groups is 1. The first-order valence-electron chi connectivity index (χ1n) is 4.73. The number of hydrogen-bond donors (Lipinski definition) is 2. The summed E-state index contributed by atoms with van der Waals surface area (Å²) in [5, 5.41) is 6.16. The van der Waals surface area contributed by atoms with Crippen LogP contribution in [0.2, 0.25) is 0 Å². The molecule has 0 bridgehead atoms. The summed E-state index contributed by atoms with van der Waals surface area (Å²) in [5.41, 5.74) is 2.00. The lowest BCUT2D eigenvalue weighted by Gasteiger charge is -2.16. The van der Waals surface area contributed by atoms with Gasteiger partial charge in [-0.25, -0.2) is 4.99 Å². The molecule has 1 aliphatic heterocycles. The van der Waals surface area contributed by atoms with Gasteiger partial charge in [0.15, 0.2) is 0 Å². The molecule has 1 heterocycles. The summed E-state index contributed by atoms with van der Waals surface area (Å²) < 4.78 is 0. The van der Waals surface area contributed by atoms with Gasteiger partial charge in [-0.15, -0.1) is 0 Å². The molecule has 0 saturated heterocycles. The highest BCUT2D eigenvalue weighted by atomic mass is 35.5. The van der Waals surface area contributed by atoms with E-state index in [1.807, 2.05) is 31.2 Å². The molecular formula is C11H12ClN3. The number of hydrogen-bond acceptors (Lipinski definition) is 3. The van der Waals surface area contributed by atoms with Gasteiger partial charge in [-0.1, -0.05) is 23.7 Å². The Hall–Kier alpha value is -1.48. The second kappa shape index (κ2) is 4.36. The minimum atomic E-state index is -0.199. The van der Waals surface area contributed by atoms with Crippen molar-refractivity contribution in [3.63, 3.8) is 0 Å². The number of guanidine groups is 1. The molecule has 1 aromatic rings. The molecule has 0 spiro atoms. The molecule has 15 heavy (non-hydrogen) atoms. The van der Waals surface area contributed by atoms with Crippen molar-refractivity contribution >= 4 is 23.2 Å². The maximum atomic E-state index is 5.89. The van der Waals surface area contributed by atoms with Gasteiger partial charge in [-0.05, 0) is 30.7 Å². The summed E-state index contributed by atoms with van der Waals surface area (Å²) in [6, 6.07) is 8.07. The fraction of sp³-hybridized carbons (Fsp3) is 0.182. The fourth-order valence-electron chi connectivity index (χ4n) is 1.34. The maximum absolute atomic E-state index is 5.89. The molecule has 0 radical (unpaired) electrons. The average Bonchev–Trinajstić information content (AvgIpc) is 2.17.